The molecule has 0 unspecified atom stereocenters. The quantitative estimate of drug-likeness (QED) is 0.410. The number of hydrogen-bond acceptors (Lipinski definition) is 2. The first-order valence-electron chi connectivity index (χ1n) is 6.68. The van der Waals surface area contributed by atoms with Crippen molar-refractivity contribution in [3.8, 4) is 0 Å². The number of halogens is 2. The monoisotopic (exact) mass is 374 g/mol. The summed E-state index contributed by atoms with van der Waals surface area (Å²) >= 11 is 9.48. The Kier molecular flexibility index (Phi) is 5.29. The van der Waals surface area contributed by atoms with Gasteiger partial charge in [-0.2, -0.15) is 0 Å². The van der Waals surface area contributed by atoms with E-state index in [1.165, 1.54) is 6.04 Å². The Bertz CT molecular complexity index is 595. The van der Waals surface area contributed by atoms with Gasteiger partial charge in [0.15, 0.2) is 0 Å². The minimum Gasteiger partial charge on any atom is -0.361 e. The van der Waals surface area contributed by atoms with Crippen LogP contribution in [-0.2, 0) is 17.3 Å². The number of nitrogens with zero attached hydrogens (tertiary/aromatic N) is 2. The molecule has 2 aromatic rings. The largest absolute Gasteiger partial charge is 0.361 e. The third-order valence-corrected chi connectivity index (χ3v) is 5.59. The van der Waals surface area contributed by atoms with E-state index in [9.17, 15) is 0 Å². The molecule has 0 saturated carbocycles. The summed E-state index contributed by atoms with van der Waals surface area (Å²) in [6.45, 7) is 8.41. The van der Waals surface area contributed by atoms with Gasteiger partial charge in [0.25, 0.3) is 0 Å². The molecule has 0 N–H and O–H groups in total. The van der Waals surface area contributed by atoms with Crippen LogP contribution < -0.4 is 0 Å². The van der Waals surface area contributed by atoms with Gasteiger partial charge in [-0.05, 0) is 23.7 Å². The Morgan fingerprint density at radius 2 is 2.10 bits per heavy atom. The first-order valence-corrected chi connectivity index (χ1v) is 11.7. The van der Waals surface area contributed by atoms with E-state index >= 15 is 0 Å². The van der Waals surface area contributed by atoms with Crippen molar-refractivity contribution >= 4 is 46.6 Å². The third-order valence-electron chi connectivity index (χ3n) is 3.14. The maximum absolute atomic E-state index is 5.97. The molecule has 3 nitrogen and oxygen atoms in total. The number of aromatic nitrogens is 2. The fourth-order valence-electron chi connectivity index (χ4n) is 1.94. The Morgan fingerprint density at radius 1 is 1.35 bits per heavy atom. The predicted molar refractivity (Wildman–Crippen MR) is 91.1 cm³/mol. The maximum atomic E-state index is 5.97. The SMILES string of the molecule is C[Si](C)(C)CCOCn1cnc2c(CCl)cc(Br)cc21. The van der Waals surface area contributed by atoms with E-state index in [1.807, 2.05) is 17.0 Å². The third kappa shape index (κ3) is 4.07. The Balaban J connectivity index is 2.09. The topological polar surface area (TPSA) is 27.1 Å². The molecule has 0 bridgehead atoms. The number of alkyl halides is 1. The molecule has 0 fully saturated rings. The van der Waals surface area contributed by atoms with Crippen LogP contribution in [0.3, 0.4) is 0 Å². The number of imidazole rings is 1. The summed E-state index contributed by atoms with van der Waals surface area (Å²) in [5.41, 5.74) is 3.05. The zero-order valence-corrected chi connectivity index (χ0v) is 15.5. The molecule has 0 amide bonds. The van der Waals surface area contributed by atoms with Crippen LogP contribution in [0.4, 0.5) is 0 Å². The van der Waals surface area contributed by atoms with Crippen molar-refractivity contribution in [1.29, 1.82) is 0 Å². The van der Waals surface area contributed by atoms with Crippen LogP contribution in [0.2, 0.25) is 25.7 Å². The fourth-order valence-corrected chi connectivity index (χ4v) is 3.40. The second-order valence-electron chi connectivity index (χ2n) is 6.13. The van der Waals surface area contributed by atoms with Gasteiger partial charge in [0, 0.05) is 25.0 Å². The molecule has 0 radical (unpaired) electrons. The predicted octanol–water partition coefficient (Wildman–Crippen LogP) is 4.85. The van der Waals surface area contributed by atoms with Crippen molar-refractivity contribution in [2.45, 2.75) is 38.3 Å². The van der Waals surface area contributed by atoms with Crippen molar-refractivity contribution in [3.63, 3.8) is 0 Å². The van der Waals surface area contributed by atoms with Crippen LogP contribution in [0, 0.1) is 0 Å². The number of benzene rings is 1. The summed E-state index contributed by atoms with van der Waals surface area (Å²) in [5.74, 6) is 0.462. The van der Waals surface area contributed by atoms with Crippen LogP contribution in [-0.4, -0.2) is 24.2 Å². The summed E-state index contributed by atoms with van der Waals surface area (Å²) in [6, 6.07) is 5.25. The number of hydrogen-bond donors (Lipinski definition) is 0. The molecule has 20 heavy (non-hydrogen) atoms. The van der Waals surface area contributed by atoms with Crippen LogP contribution in [0.5, 0.6) is 0 Å². The van der Waals surface area contributed by atoms with Crippen molar-refractivity contribution in [1.82, 2.24) is 9.55 Å². The molecular weight excluding hydrogens is 356 g/mol. The van der Waals surface area contributed by atoms with Crippen molar-refractivity contribution in [3.05, 3.63) is 28.5 Å². The first kappa shape index (κ1) is 16.0. The first-order chi connectivity index (χ1) is 9.40. The molecular formula is C14H20BrClN2OSi. The molecule has 0 aliphatic carbocycles. The number of rotatable bonds is 6. The second kappa shape index (κ2) is 6.60. The van der Waals surface area contributed by atoms with Gasteiger partial charge >= 0.3 is 0 Å². The van der Waals surface area contributed by atoms with Crippen LogP contribution in [0.1, 0.15) is 5.56 Å². The summed E-state index contributed by atoms with van der Waals surface area (Å²) < 4.78 is 8.83. The molecule has 6 heteroatoms. The van der Waals surface area contributed by atoms with E-state index in [4.69, 9.17) is 16.3 Å². The molecule has 0 aliphatic rings. The minimum atomic E-state index is -1.03. The molecule has 1 heterocycles. The molecule has 1 aromatic carbocycles. The average Bonchev–Trinajstić information content (AvgIpc) is 2.75. The summed E-state index contributed by atoms with van der Waals surface area (Å²) in [4.78, 5) is 4.44. The Labute approximate surface area is 134 Å². The fraction of sp³-hybridized carbons (Fsp3) is 0.500. The van der Waals surface area contributed by atoms with Gasteiger partial charge in [-0.15, -0.1) is 11.6 Å². The highest BCUT2D eigenvalue weighted by molar-refractivity contribution is 9.10. The normalized spacial score (nSPS) is 12.2. The molecule has 110 valence electrons. The van der Waals surface area contributed by atoms with Crippen molar-refractivity contribution in [2.24, 2.45) is 0 Å². The van der Waals surface area contributed by atoms with E-state index in [0.717, 1.165) is 27.7 Å². The highest BCUT2D eigenvalue weighted by Gasteiger charge is 2.13. The summed E-state index contributed by atoms with van der Waals surface area (Å²) in [7, 11) is -1.03. The lowest BCUT2D eigenvalue weighted by molar-refractivity contribution is 0.0898. The molecule has 0 spiro atoms. The van der Waals surface area contributed by atoms with Crippen LogP contribution in [0.15, 0.2) is 22.9 Å². The lowest BCUT2D eigenvalue weighted by atomic mass is 10.2. The standard InChI is InChI=1S/C14H20BrClN2OSi/c1-20(2,3)5-4-19-10-18-9-17-14-11(8-16)6-12(15)7-13(14)18/h6-7,9H,4-5,8,10H2,1-3H3. The zero-order chi connectivity index (χ0) is 14.8. The average molecular weight is 376 g/mol. The zero-order valence-electron chi connectivity index (χ0n) is 12.1. The molecule has 0 aliphatic heterocycles. The second-order valence-corrected chi connectivity index (χ2v) is 12.9. The van der Waals surface area contributed by atoms with Crippen LogP contribution in [0.25, 0.3) is 11.0 Å². The van der Waals surface area contributed by atoms with Gasteiger partial charge in [-0.25, -0.2) is 4.98 Å². The van der Waals surface area contributed by atoms with Gasteiger partial charge in [-0.3, -0.25) is 0 Å². The lowest BCUT2D eigenvalue weighted by Gasteiger charge is -2.15. The molecule has 2 rings (SSSR count). The minimum absolute atomic E-state index is 0.462. The van der Waals surface area contributed by atoms with Gasteiger partial charge in [0.05, 0.1) is 17.4 Å². The van der Waals surface area contributed by atoms with E-state index in [2.05, 4.69) is 46.6 Å². The van der Waals surface area contributed by atoms with Crippen LogP contribution >= 0.6 is 27.5 Å². The summed E-state index contributed by atoms with van der Waals surface area (Å²) in [6.07, 6.45) is 1.82. The van der Waals surface area contributed by atoms with Gasteiger partial charge in [-0.1, -0.05) is 35.6 Å². The van der Waals surface area contributed by atoms with Gasteiger partial charge < -0.3 is 9.30 Å². The van der Waals surface area contributed by atoms with Gasteiger partial charge in [0.2, 0.25) is 0 Å². The molecule has 1 aromatic heterocycles. The van der Waals surface area contributed by atoms with Crippen molar-refractivity contribution in [2.75, 3.05) is 6.61 Å². The van der Waals surface area contributed by atoms with E-state index in [1.54, 1.807) is 0 Å². The number of fused-ring (bicyclic) bond motifs is 1. The van der Waals surface area contributed by atoms with E-state index in [0.29, 0.717) is 12.6 Å². The summed E-state index contributed by atoms with van der Waals surface area (Å²) in [5, 5.41) is 0. The van der Waals surface area contributed by atoms with E-state index in [-0.39, 0.29) is 0 Å². The number of ether oxygens (including phenoxy) is 1. The van der Waals surface area contributed by atoms with Gasteiger partial charge in [0.1, 0.15) is 6.73 Å². The highest BCUT2D eigenvalue weighted by Crippen LogP contribution is 2.24. The van der Waals surface area contributed by atoms with E-state index < -0.39 is 8.07 Å². The smallest absolute Gasteiger partial charge is 0.124 e. The Morgan fingerprint density at radius 3 is 2.75 bits per heavy atom. The highest BCUT2D eigenvalue weighted by atomic mass is 79.9. The Hall–Kier alpha value is -0.363. The molecule has 0 saturated heterocycles. The maximum Gasteiger partial charge on any atom is 0.124 e. The molecule has 0 atom stereocenters. The lowest BCUT2D eigenvalue weighted by Crippen LogP contribution is -2.21. The van der Waals surface area contributed by atoms with Crippen molar-refractivity contribution < 1.29 is 4.74 Å².